The van der Waals surface area contributed by atoms with Gasteiger partial charge in [0.15, 0.2) is 12.0 Å². The van der Waals surface area contributed by atoms with Gasteiger partial charge in [0, 0.05) is 18.0 Å². The Morgan fingerprint density at radius 1 is 0.919 bits per heavy atom. The second-order valence-corrected chi connectivity index (χ2v) is 11.0. The van der Waals surface area contributed by atoms with Crippen molar-refractivity contribution in [2.45, 2.75) is 129 Å². The number of ether oxygens (including phenoxy) is 1. The van der Waals surface area contributed by atoms with Crippen LogP contribution in [0, 0.1) is 5.92 Å². The third-order valence-electron chi connectivity index (χ3n) is 7.99. The molecule has 0 saturated heterocycles. The van der Waals surface area contributed by atoms with Gasteiger partial charge < -0.3 is 4.74 Å². The summed E-state index contributed by atoms with van der Waals surface area (Å²) in [5.41, 5.74) is 3.54. The van der Waals surface area contributed by atoms with Crippen molar-refractivity contribution in [2.75, 3.05) is 0 Å². The number of alkyl halides is 1. The first-order chi connectivity index (χ1) is 18.0. The fourth-order valence-electron chi connectivity index (χ4n) is 5.18. The molecule has 0 N–H and O–H groups in total. The second kappa shape index (κ2) is 15.8. The minimum absolute atomic E-state index is 0.164. The predicted octanol–water partition coefficient (Wildman–Crippen LogP) is 8.78. The summed E-state index contributed by atoms with van der Waals surface area (Å²) >= 11 is 0. The Hall–Kier alpha value is -2.30. The van der Waals surface area contributed by atoms with Crippen LogP contribution >= 0.6 is 0 Å². The quantitative estimate of drug-likeness (QED) is 0.177. The van der Waals surface area contributed by atoms with Gasteiger partial charge >= 0.3 is 5.97 Å². The van der Waals surface area contributed by atoms with Crippen LogP contribution < -0.4 is 0 Å². The Balaban J connectivity index is 1.40. The zero-order valence-corrected chi connectivity index (χ0v) is 23.3. The third kappa shape index (κ3) is 9.50. The topological polar surface area (TPSA) is 52.1 Å². The lowest BCUT2D eigenvalue weighted by Crippen LogP contribution is -2.31. The van der Waals surface area contributed by atoms with Crippen molar-refractivity contribution in [1.82, 2.24) is 9.97 Å². The van der Waals surface area contributed by atoms with E-state index in [4.69, 9.17) is 4.74 Å². The van der Waals surface area contributed by atoms with E-state index in [2.05, 4.69) is 41.2 Å². The summed E-state index contributed by atoms with van der Waals surface area (Å²) < 4.78 is 19.6. The number of carbonyl (C=O) groups excluding carboxylic acids is 1. The molecule has 0 bridgehead atoms. The van der Waals surface area contributed by atoms with Crippen LogP contribution in [0.5, 0.6) is 0 Å². The fraction of sp³-hybridized carbons (Fsp3) is 0.656. The molecule has 1 fully saturated rings. The fourth-order valence-corrected chi connectivity index (χ4v) is 5.18. The zero-order chi connectivity index (χ0) is 26.5. The van der Waals surface area contributed by atoms with Crippen LogP contribution in [-0.2, 0) is 16.0 Å². The molecule has 0 unspecified atom stereocenters. The second-order valence-electron chi connectivity index (χ2n) is 11.0. The maximum absolute atomic E-state index is 14.1. The standard InChI is InChI=1S/C32H47FN2O2/c1-4-6-7-8-9-10-11-12-13-25-22-34-31(35-23-25)28-16-14-26(15-17-28)27-18-20-29(21-19-27)37-32(36)30(33)24(3)5-2/h14-17,22-24,27,29-30H,4-13,18-21H2,1-3H3/t24-,27?,29?,30-/m0/s1. The van der Waals surface area contributed by atoms with Crippen molar-refractivity contribution < 1.29 is 13.9 Å². The van der Waals surface area contributed by atoms with Crippen LogP contribution in [0.1, 0.15) is 121 Å². The number of halogens is 1. The van der Waals surface area contributed by atoms with E-state index in [9.17, 15) is 9.18 Å². The van der Waals surface area contributed by atoms with Crippen molar-refractivity contribution >= 4 is 5.97 Å². The molecule has 204 valence electrons. The zero-order valence-electron chi connectivity index (χ0n) is 23.3. The van der Waals surface area contributed by atoms with Crippen LogP contribution in [0.3, 0.4) is 0 Å². The number of rotatable bonds is 15. The van der Waals surface area contributed by atoms with Crippen LogP contribution in [-0.4, -0.2) is 28.2 Å². The van der Waals surface area contributed by atoms with Crippen molar-refractivity contribution in [3.63, 3.8) is 0 Å². The molecule has 2 atom stereocenters. The van der Waals surface area contributed by atoms with Crippen molar-refractivity contribution in [3.8, 4) is 11.4 Å². The maximum Gasteiger partial charge on any atom is 0.341 e. The Morgan fingerprint density at radius 2 is 1.51 bits per heavy atom. The lowest BCUT2D eigenvalue weighted by atomic mass is 9.82. The third-order valence-corrected chi connectivity index (χ3v) is 7.99. The molecular formula is C32H47FN2O2. The first kappa shape index (κ1) is 29.3. The number of esters is 1. The van der Waals surface area contributed by atoms with E-state index in [0.717, 1.165) is 43.5 Å². The number of benzene rings is 1. The molecular weight excluding hydrogens is 463 g/mol. The Labute approximate surface area is 223 Å². The first-order valence-electron chi connectivity index (χ1n) is 14.8. The summed E-state index contributed by atoms with van der Waals surface area (Å²) in [7, 11) is 0. The average Bonchev–Trinajstić information content (AvgIpc) is 2.94. The highest BCUT2D eigenvalue weighted by atomic mass is 19.1. The Kier molecular flexibility index (Phi) is 12.5. The van der Waals surface area contributed by atoms with Gasteiger partial charge in [-0.1, -0.05) is 96.4 Å². The van der Waals surface area contributed by atoms with E-state index in [-0.39, 0.29) is 12.0 Å². The van der Waals surface area contributed by atoms with Gasteiger partial charge in [0.25, 0.3) is 0 Å². The van der Waals surface area contributed by atoms with E-state index in [1.54, 1.807) is 6.92 Å². The van der Waals surface area contributed by atoms with E-state index in [1.807, 2.05) is 19.3 Å². The van der Waals surface area contributed by atoms with Gasteiger partial charge in [-0.2, -0.15) is 0 Å². The minimum Gasteiger partial charge on any atom is -0.460 e. The Morgan fingerprint density at radius 3 is 2.11 bits per heavy atom. The van der Waals surface area contributed by atoms with Crippen LogP contribution in [0.2, 0.25) is 0 Å². The molecule has 0 spiro atoms. The molecule has 0 aliphatic heterocycles. The molecule has 1 saturated carbocycles. The highest BCUT2D eigenvalue weighted by Crippen LogP contribution is 2.35. The summed E-state index contributed by atoms with van der Waals surface area (Å²) in [6.07, 6.45) is 18.0. The molecule has 3 rings (SSSR count). The lowest BCUT2D eigenvalue weighted by Gasteiger charge is -2.29. The van der Waals surface area contributed by atoms with E-state index in [0.29, 0.717) is 12.3 Å². The van der Waals surface area contributed by atoms with Gasteiger partial charge in [0.1, 0.15) is 6.10 Å². The number of aryl methyl sites for hydroxylation is 1. The van der Waals surface area contributed by atoms with Gasteiger partial charge in [-0.05, 0) is 61.5 Å². The summed E-state index contributed by atoms with van der Waals surface area (Å²) in [6.45, 7) is 5.91. The first-order valence-corrected chi connectivity index (χ1v) is 14.8. The van der Waals surface area contributed by atoms with Crippen molar-refractivity contribution in [2.24, 2.45) is 5.92 Å². The molecule has 5 heteroatoms. The highest BCUT2D eigenvalue weighted by Gasteiger charge is 2.30. The molecule has 1 aromatic heterocycles. The number of hydrogen-bond acceptors (Lipinski definition) is 4. The van der Waals surface area contributed by atoms with Gasteiger partial charge in [-0.25, -0.2) is 19.2 Å². The van der Waals surface area contributed by atoms with Crippen LogP contribution in [0.15, 0.2) is 36.7 Å². The van der Waals surface area contributed by atoms with Gasteiger partial charge in [-0.3, -0.25) is 0 Å². The predicted molar refractivity (Wildman–Crippen MR) is 149 cm³/mol. The molecule has 1 aliphatic rings. The molecule has 0 amide bonds. The van der Waals surface area contributed by atoms with Gasteiger partial charge in [-0.15, -0.1) is 0 Å². The monoisotopic (exact) mass is 510 g/mol. The molecule has 0 radical (unpaired) electrons. The lowest BCUT2D eigenvalue weighted by molar-refractivity contribution is -0.158. The van der Waals surface area contributed by atoms with Gasteiger partial charge in [0.2, 0.25) is 0 Å². The molecule has 1 heterocycles. The number of hydrogen-bond donors (Lipinski definition) is 0. The number of aromatic nitrogens is 2. The normalized spacial score (nSPS) is 19.4. The molecule has 4 nitrogen and oxygen atoms in total. The smallest absolute Gasteiger partial charge is 0.341 e. The minimum atomic E-state index is -1.52. The largest absolute Gasteiger partial charge is 0.460 e. The molecule has 37 heavy (non-hydrogen) atoms. The summed E-state index contributed by atoms with van der Waals surface area (Å²) in [5, 5.41) is 0. The SMILES string of the molecule is CCCCCCCCCCc1cnc(-c2ccc(C3CCC(OC(=O)[C@@H](F)[C@@H](C)CC)CC3)cc2)nc1. The average molecular weight is 511 g/mol. The summed E-state index contributed by atoms with van der Waals surface area (Å²) in [5.74, 6) is 0.224. The number of unbranched alkanes of at least 4 members (excludes halogenated alkanes) is 7. The number of carbonyl (C=O) groups is 1. The van der Waals surface area contributed by atoms with Crippen LogP contribution in [0.25, 0.3) is 11.4 Å². The molecule has 2 aromatic rings. The van der Waals surface area contributed by atoms with E-state index >= 15 is 0 Å². The Bertz CT molecular complexity index is 907. The summed E-state index contributed by atoms with van der Waals surface area (Å²) in [4.78, 5) is 21.3. The van der Waals surface area contributed by atoms with Crippen LogP contribution in [0.4, 0.5) is 4.39 Å². The molecule has 1 aliphatic carbocycles. The molecule has 1 aromatic carbocycles. The van der Waals surface area contributed by atoms with Crippen molar-refractivity contribution in [3.05, 3.63) is 47.8 Å². The van der Waals surface area contributed by atoms with Crippen molar-refractivity contribution in [1.29, 1.82) is 0 Å². The number of nitrogens with zero attached hydrogens (tertiary/aromatic N) is 2. The van der Waals surface area contributed by atoms with E-state index < -0.39 is 12.1 Å². The van der Waals surface area contributed by atoms with E-state index in [1.165, 1.54) is 62.5 Å². The summed E-state index contributed by atoms with van der Waals surface area (Å²) in [6, 6.07) is 8.55. The van der Waals surface area contributed by atoms with Gasteiger partial charge in [0.05, 0.1) is 0 Å². The highest BCUT2D eigenvalue weighted by molar-refractivity contribution is 5.75. The maximum atomic E-state index is 14.1.